The molecular weight excluding hydrogens is 302 g/mol. The zero-order valence-electron chi connectivity index (χ0n) is 14.3. The van der Waals surface area contributed by atoms with E-state index >= 15 is 0 Å². The van der Waals surface area contributed by atoms with Gasteiger partial charge in [-0.2, -0.15) is 0 Å². The van der Waals surface area contributed by atoms with Gasteiger partial charge in [-0.3, -0.25) is 14.7 Å². The zero-order valence-corrected chi connectivity index (χ0v) is 14.3. The fourth-order valence-electron chi connectivity index (χ4n) is 4.72. The summed E-state index contributed by atoms with van der Waals surface area (Å²) in [6.45, 7) is 6.27. The Kier molecular flexibility index (Phi) is 4.55. The molecule has 3 fully saturated rings. The van der Waals surface area contributed by atoms with E-state index < -0.39 is 0 Å². The van der Waals surface area contributed by atoms with Gasteiger partial charge in [0.25, 0.3) is 0 Å². The molecule has 3 aliphatic rings. The molecule has 0 N–H and O–H groups in total. The van der Waals surface area contributed by atoms with Crippen molar-refractivity contribution in [2.75, 3.05) is 39.4 Å². The molecule has 1 amide bonds. The summed E-state index contributed by atoms with van der Waals surface area (Å²) in [5.74, 6) is 0.527. The van der Waals surface area contributed by atoms with E-state index in [9.17, 15) is 4.79 Å². The number of hydrogen-bond donors (Lipinski definition) is 0. The van der Waals surface area contributed by atoms with E-state index in [1.807, 2.05) is 18.5 Å². The summed E-state index contributed by atoms with van der Waals surface area (Å²) >= 11 is 0. The number of nitrogens with zero attached hydrogens (tertiary/aromatic N) is 3. The van der Waals surface area contributed by atoms with Crippen LogP contribution in [0.1, 0.15) is 31.2 Å². The Labute approximate surface area is 144 Å². The zero-order chi connectivity index (χ0) is 16.4. The van der Waals surface area contributed by atoms with Crippen molar-refractivity contribution in [2.45, 2.75) is 32.2 Å². The summed E-state index contributed by atoms with van der Waals surface area (Å²) in [5, 5.41) is 0. The van der Waals surface area contributed by atoms with Crippen LogP contribution in [0.3, 0.4) is 0 Å². The van der Waals surface area contributed by atoms with Gasteiger partial charge in [-0.1, -0.05) is 6.07 Å². The van der Waals surface area contributed by atoms with Crippen LogP contribution in [0.5, 0.6) is 0 Å². The van der Waals surface area contributed by atoms with Gasteiger partial charge in [0.2, 0.25) is 5.91 Å². The number of rotatable bonds is 3. The van der Waals surface area contributed by atoms with Crippen molar-refractivity contribution >= 4 is 5.91 Å². The molecular formula is C19H27N3O2. The molecule has 4 rings (SSSR count). The average molecular weight is 329 g/mol. The Morgan fingerprint density at radius 2 is 2.08 bits per heavy atom. The third-order valence-corrected chi connectivity index (χ3v) is 6.05. The van der Waals surface area contributed by atoms with Crippen LogP contribution in [0.4, 0.5) is 0 Å². The minimum Gasteiger partial charge on any atom is -0.381 e. The maximum absolute atomic E-state index is 13.2. The predicted octanol–water partition coefficient (Wildman–Crippen LogP) is 1.93. The molecule has 1 atom stereocenters. The number of ether oxygens (including phenoxy) is 1. The molecule has 5 heteroatoms. The van der Waals surface area contributed by atoms with Crippen LogP contribution in [-0.4, -0.2) is 60.1 Å². The van der Waals surface area contributed by atoms with Gasteiger partial charge < -0.3 is 9.64 Å². The summed E-state index contributed by atoms with van der Waals surface area (Å²) in [5.41, 5.74) is 1.34. The number of amides is 1. The van der Waals surface area contributed by atoms with Crippen LogP contribution >= 0.6 is 0 Å². The number of hydrogen-bond acceptors (Lipinski definition) is 4. The van der Waals surface area contributed by atoms with Crippen molar-refractivity contribution < 1.29 is 9.53 Å². The first kappa shape index (κ1) is 16.0. The van der Waals surface area contributed by atoms with Crippen LogP contribution in [0.2, 0.25) is 0 Å². The first-order chi connectivity index (χ1) is 11.8. The summed E-state index contributed by atoms with van der Waals surface area (Å²) in [7, 11) is 0. The number of carbonyl (C=O) groups is 1. The second kappa shape index (κ2) is 6.81. The molecule has 5 nitrogen and oxygen atoms in total. The molecule has 0 saturated carbocycles. The van der Waals surface area contributed by atoms with Gasteiger partial charge in [-0.05, 0) is 37.3 Å². The average Bonchev–Trinajstić information content (AvgIpc) is 3.25. The largest absolute Gasteiger partial charge is 0.381 e. The van der Waals surface area contributed by atoms with Crippen molar-refractivity contribution in [3.05, 3.63) is 30.1 Å². The van der Waals surface area contributed by atoms with E-state index in [1.54, 1.807) is 0 Å². The van der Waals surface area contributed by atoms with E-state index in [2.05, 4.69) is 20.9 Å². The Morgan fingerprint density at radius 1 is 1.29 bits per heavy atom. The monoisotopic (exact) mass is 329 g/mol. The molecule has 4 heterocycles. The highest BCUT2D eigenvalue weighted by atomic mass is 16.5. The molecule has 130 valence electrons. The molecule has 0 radical (unpaired) electrons. The number of carbonyl (C=O) groups excluding carboxylic acids is 1. The normalized spacial score (nSPS) is 27.0. The first-order valence-electron chi connectivity index (χ1n) is 9.25. The number of pyridine rings is 1. The lowest BCUT2D eigenvalue weighted by Crippen LogP contribution is -2.45. The Hall–Kier alpha value is -1.46. The van der Waals surface area contributed by atoms with Crippen molar-refractivity contribution in [3.8, 4) is 0 Å². The quantitative estimate of drug-likeness (QED) is 0.850. The maximum Gasteiger partial charge on any atom is 0.227 e. The van der Waals surface area contributed by atoms with Crippen molar-refractivity contribution in [1.82, 2.24) is 14.8 Å². The van der Waals surface area contributed by atoms with E-state index in [1.165, 1.54) is 5.56 Å². The highest BCUT2D eigenvalue weighted by Gasteiger charge is 2.51. The highest BCUT2D eigenvalue weighted by Crippen LogP contribution is 2.45. The van der Waals surface area contributed by atoms with Crippen molar-refractivity contribution in [3.63, 3.8) is 0 Å². The van der Waals surface area contributed by atoms with Crippen LogP contribution in [0.25, 0.3) is 0 Å². The third-order valence-electron chi connectivity index (χ3n) is 6.05. The second-order valence-electron chi connectivity index (χ2n) is 7.59. The smallest absolute Gasteiger partial charge is 0.227 e. The highest BCUT2D eigenvalue weighted by molar-refractivity contribution is 5.80. The van der Waals surface area contributed by atoms with Crippen LogP contribution < -0.4 is 0 Å². The molecule has 0 aromatic carbocycles. The Bertz CT molecular complexity index is 565. The molecule has 24 heavy (non-hydrogen) atoms. The van der Waals surface area contributed by atoms with Crippen LogP contribution in [-0.2, 0) is 16.1 Å². The lowest BCUT2D eigenvalue weighted by molar-refractivity contribution is -0.139. The van der Waals surface area contributed by atoms with Gasteiger partial charge in [-0.25, -0.2) is 0 Å². The summed E-state index contributed by atoms with van der Waals surface area (Å²) < 4.78 is 5.61. The summed E-state index contributed by atoms with van der Waals surface area (Å²) in [6, 6.07) is 4.11. The van der Waals surface area contributed by atoms with Crippen LogP contribution in [0.15, 0.2) is 24.5 Å². The molecule has 3 saturated heterocycles. The minimum absolute atomic E-state index is 0.111. The maximum atomic E-state index is 13.2. The fraction of sp³-hybridized carbons (Fsp3) is 0.684. The molecule has 1 aromatic heterocycles. The van der Waals surface area contributed by atoms with Gasteiger partial charge in [-0.15, -0.1) is 0 Å². The van der Waals surface area contributed by atoms with E-state index in [-0.39, 0.29) is 11.3 Å². The number of likely N-dealkylation sites (tertiary alicyclic amines) is 2. The topological polar surface area (TPSA) is 45.7 Å². The van der Waals surface area contributed by atoms with E-state index in [0.29, 0.717) is 5.91 Å². The molecule has 1 aromatic rings. The van der Waals surface area contributed by atoms with Gasteiger partial charge in [0.05, 0.1) is 5.92 Å². The van der Waals surface area contributed by atoms with Gasteiger partial charge in [0.1, 0.15) is 0 Å². The molecule has 0 unspecified atom stereocenters. The summed E-state index contributed by atoms with van der Waals surface area (Å²) in [4.78, 5) is 22.0. The lowest BCUT2D eigenvalue weighted by atomic mass is 9.71. The van der Waals surface area contributed by atoms with Crippen LogP contribution in [0, 0.1) is 11.3 Å². The molecule has 1 spiro atoms. The van der Waals surface area contributed by atoms with Gasteiger partial charge in [0.15, 0.2) is 0 Å². The first-order valence-corrected chi connectivity index (χ1v) is 9.25. The molecule has 0 aliphatic carbocycles. The second-order valence-corrected chi connectivity index (χ2v) is 7.59. The molecule has 0 bridgehead atoms. The van der Waals surface area contributed by atoms with E-state index in [4.69, 9.17) is 4.74 Å². The Balaban J connectivity index is 1.52. The van der Waals surface area contributed by atoms with Crippen molar-refractivity contribution in [1.29, 1.82) is 0 Å². The van der Waals surface area contributed by atoms with Crippen molar-refractivity contribution in [2.24, 2.45) is 11.3 Å². The third kappa shape index (κ3) is 3.07. The Morgan fingerprint density at radius 3 is 2.79 bits per heavy atom. The van der Waals surface area contributed by atoms with Gasteiger partial charge in [0, 0.05) is 63.7 Å². The summed E-state index contributed by atoms with van der Waals surface area (Å²) in [6.07, 6.45) is 8.10. The lowest BCUT2D eigenvalue weighted by Gasteiger charge is -2.38. The minimum atomic E-state index is 0.111. The predicted molar refractivity (Wildman–Crippen MR) is 91.3 cm³/mol. The SMILES string of the molecule is O=C([C@H]1CN(Cc2cccnc2)CC12CCOCC2)N1CCCC1. The van der Waals surface area contributed by atoms with Gasteiger partial charge >= 0.3 is 0 Å². The van der Waals surface area contributed by atoms with E-state index in [0.717, 1.165) is 71.6 Å². The standard InChI is InChI=1S/C19H27N3O2/c23-18(22-8-1-2-9-22)17-14-21(13-16-4-3-7-20-12-16)15-19(17)5-10-24-11-6-19/h3-4,7,12,17H,1-2,5-6,8-11,13-15H2/t17-/m1/s1. The molecule has 3 aliphatic heterocycles. The fourth-order valence-corrected chi connectivity index (χ4v) is 4.72. The number of aromatic nitrogens is 1.